The highest BCUT2D eigenvalue weighted by molar-refractivity contribution is 14.1. The van der Waals surface area contributed by atoms with E-state index in [-0.39, 0.29) is 0 Å². The van der Waals surface area contributed by atoms with Crippen LogP contribution in [-0.2, 0) is 12.8 Å². The third kappa shape index (κ3) is 3.05. The first kappa shape index (κ1) is 13.4. The first-order valence-corrected chi connectivity index (χ1v) is 7.35. The van der Waals surface area contributed by atoms with Gasteiger partial charge in [-0.15, -0.1) is 0 Å². The Labute approximate surface area is 123 Å². The molecule has 0 atom stereocenters. The molecule has 0 bridgehead atoms. The molecule has 2 heteroatoms. The van der Waals surface area contributed by atoms with Gasteiger partial charge in [-0.25, -0.2) is 0 Å². The summed E-state index contributed by atoms with van der Waals surface area (Å²) in [6.07, 6.45) is 2.15. The molecule has 2 aromatic rings. The molecule has 0 unspecified atom stereocenters. The molecule has 0 aliphatic carbocycles. The van der Waals surface area contributed by atoms with Crippen LogP contribution in [0.15, 0.2) is 48.5 Å². The molecule has 0 aliphatic rings. The SMILES string of the molecule is CCc1cccc(N(I)c2cccc(CC)c2)c1. The predicted octanol–water partition coefficient (Wildman–Crippen LogP) is 5.30. The van der Waals surface area contributed by atoms with E-state index in [4.69, 9.17) is 0 Å². The topological polar surface area (TPSA) is 3.24 Å². The summed E-state index contributed by atoms with van der Waals surface area (Å²) in [5.41, 5.74) is 5.23. The van der Waals surface area contributed by atoms with Crippen LogP contribution in [0.25, 0.3) is 0 Å². The third-order valence-electron chi connectivity index (χ3n) is 3.09. The second-order valence-electron chi connectivity index (χ2n) is 4.33. The molecule has 0 aliphatic heterocycles. The van der Waals surface area contributed by atoms with Crippen molar-refractivity contribution < 1.29 is 0 Å². The van der Waals surface area contributed by atoms with Crippen LogP contribution in [-0.4, -0.2) is 0 Å². The van der Waals surface area contributed by atoms with Gasteiger partial charge >= 0.3 is 0 Å². The lowest BCUT2D eigenvalue weighted by Crippen LogP contribution is -2.01. The van der Waals surface area contributed by atoms with E-state index >= 15 is 0 Å². The first-order chi connectivity index (χ1) is 8.74. The monoisotopic (exact) mass is 351 g/mol. The molecule has 1 nitrogen and oxygen atoms in total. The molecule has 2 rings (SSSR count). The zero-order chi connectivity index (χ0) is 13.0. The van der Waals surface area contributed by atoms with Crippen molar-refractivity contribution in [1.29, 1.82) is 0 Å². The zero-order valence-corrected chi connectivity index (χ0v) is 13.0. The molecule has 0 amide bonds. The fourth-order valence-electron chi connectivity index (χ4n) is 1.95. The van der Waals surface area contributed by atoms with E-state index in [1.165, 1.54) is 22.5 Å². The van der Waals surface area contributed by atoms with Gasteiger partial charge in [-0.2, -0.15) is 0 Å². The number of anilines is 2. The molecule has 94 valence electrons. The zero-order valence-electron chi connectivity index (χ0n) is 10.9. The summed E-state index contributed by atoms with van der Waals surface area (Å²) in [6.45, 7) is 4.38. The van der Waals surface area contributed by atoms with Gasteiger partial charge in [0.15, 0.2) is 0 Å². The minimum Gasteiger partial charge on any atom is -0.283 e. The fourth-order valence-corrected chi connectivity index (χ4v) is 2.55. The molecular formula is C16H18IN. The maximum Gasteiger partial charge on any atom is 0.0646 e. The van der Waals surface area contributed by atoms with Crippen molar-refractivity contribution in [3.63, 3.8) is 0 Å². The van der Waals surface area contributed by atoms with Gasteiger partial charge in [-0.3, -0.25) is 3.11 Å². The van der Waals surface area contributed by atoms with E-state index < -0.39 is 0 Å². The molecule has 0 saturated carbocycles. The van der Waals surface area contributed by atoms with Gasteiger partial charge in [0, 0.05) is 0 Å². The number of aryl methyl sites for hydroxylation is 2. The smallest absolute Gasteiger partial charge is 0.0646 e. The van der Waals surface area contributed by atoms with Gasteiger partial charge in [0.2, 0.25) is 0 Å². The van der Waals surface area contributed by atoms with Crippen LogP contribution in [0.3, 0.4) is 0 Å². The Morgan fingerprint density at radius 2 is 1.28 bits per heavy atom. The number of hydrogen-bond acceptors (Lipinski definition) is 1. The van der Waals surface area contributed by atoms with Crippen molar-refractivity contribution in [3.05, 3.63) is 59.7 Å². The second-order valence-corrected chi connectivity index (χ2v) is 5.29. The molecule has 0 spiro atoms. The maximum atomic E-state index is 2.37. The van der Waals surface area contributed by atoms with Crippen molar-refractivity contribution in [3.8, 4) is 0 Å². The molecule has 2 aromatic carbocycles. The van der Waals surface area contributed by atoms with Gasteiger partial charge < -0.3 is 0 Å². The van der Waals surface area contributed by atoms with Gasteiger partial charge in [-0.05, 0) is 48.2 Å². The highest BCUT2D eigenvalue weighted by Crippen LogP contribution is 2.30. The Hall–Kier alpha value is -1.03. The van der Waals surface area contributed by atoms with E-state index in [0.29, 0.717) is 0 Å². The Bertz CT molecular complexity index is 475. The molecule has 0 saturated heterocycles. The van der Waals surface area contributed by atoms with E-state index in [2.05, 4.69) is 88.4 Å². The molecule has 0 fully saturated rings. The minimum absolute atomic E-state index is 1.08. The Kier molecular flexibility index (Phi) is 4.64. The Morgan fingerprint density at radius 1 is 0.833 bits per heavy atom. The Morgan fingerprint density at radius 3 is 1.67 bits per heavy atom. The third-order valence-corrected chi connectivity index (χ3v) is 4.21. The maximum absolute atomic E-state index is 2.37. The predicted molar refractivity (Wildman–Crippen MR) is 87.8 cm³/mol. The molecule has 0 N–H and O–H groups in total. The number of halogens is 1. The number of hydrogen-bond donors (Lipinski definition) is 0. The number of benzene rings is 2. The molecule has 18 heavy (non-hydrogen) atoms. The summed E-state index contributed by atoms with van der Waals surface area (Å²) in [5.74, 6) is 0. The lowest BCUT2D eigenvalue weighted by Gasteiger charge is -2.18. The molecule has 0 heterocycles. The summed E-state index contributed by atoms with van der Waals surface area (Å²) in [7, 11) is 0. The Balaban J connectivity index is 2.31. The first-order valence-electron chi connectivity index (χ1n) is 6.38. The standard InChI is InChI=1S/C16H18IN/c1-3-13-7-5-9-15(11-13)18(17)16-10-6-8-14(4-2)12-16/h5-12H,3-4H2,1-2H3. The van der Waals surface area contributed by atoms with E-state index in [1.807, 2.05) is 0 Å². The largest absolute Gasteiger partial charge is 0.283 e. The summed E-state index contributed by atoms with van der Waals surface area (Å²) in [5, 5.41) is 0. The van der Waals surface area contributed by atoms with Crippen molar-refractivity contribution in [1.82, 2.24) is 0 Å². The van der Waals surface area contributed by atoms with Gasteiger partial charge in [-0.1, -0.05) is 38.1 Å². The second kappa shape index (κ2) is 6.23. The number of nitrogens with zero attached hydrogens (tertiary/aromatic N) is 1. The van der Waals surface area contributed by atoms with E-state index in [1.54, 1.807) is 0 Å². The van der Waals surface area contributed by atoms with E-state index in [9.17, 15) is 0 Å². The minimum atomic E-state index is 1.08. The average Bonchev–Trinajstić information content (AvgIpc) is 2.46. The molecular weight excluding hydrogens is 333 g/mol. The van der Waals surface area contributed by atoms with Crippen molar-refractivity contribution >= 4 is 34.2 Å². The summed E-state index contributed by atoms with van der Waals surface area (Å²) in [4.78, 5) is 0. The summed E-state index contributed by atoms with van der Waals surface area (Å²) in [6, 6.07) is 17.4. The highest BCUT2D eigenvalue weighted by Gasteiger charge is 2.06. The lowest BCUT2D eigenvalue weighted by atomic mass is 10.1. The average molecular weight is 351 g/mol. The van der Waals surface area contributed by atoms with Crippen LogP contribution in [0.1, 0.15) is 25.0 Å². The van der Waals surface area contributed by atoms with Crippen LogP contribution in [0.4, 0.5) is 11.4 Å². The van der Waals surface area contributed by atoms with E-state index in [0.717, 1.165) is 12.8 Å². The summed E-state index contributed by atoms with van der Waals surface area (Å²) >= 11 is 2.37. The summed E-state index contributed by atoms with van der Waals surface area (Å²) < 4.78 is 2.22. The van der Waals surface area contributed by atoms with Gasteiger partial charge in [0.05, 0.1) is 34.2 Å². The van der Waals surface area contributed by atoms with Gasteiger partial charge in [0.25, 0.3) is 0 Å². The lowest BCUT2D eigenvalue weighted by molar-refractivity contribution is 1.13. The van der Waals surface area contributed by atoms with Crippen LogP contribution in [0.5, 0.6) is 0 Å². The van der Waals surface area contributed by atoms with Gasteiger partial charge in [0.1, 0.15) is 0 Å². The van der Waals surface area contributed by atoms with Crippen LogP contribution in [0.2, 0.25) is 0 Å². The number of rotatable bonds is 4. The normalized spacial score (nSPS) is 10.4. The quantitative estimate of drug-likeness (QED) is 0.534. The highest BCUT2D eigenvalue weighted by atomic mass is 127. The molecule has 0 aromatic heterocycles. The van der Waals surface area contributed by atoms with Crippen molar-refractivity contribution in [2.24, 2.45) is 0 Å². The van der Waals surface area contributed by atoms with Crippen LogP contribution < -0.4 is 3.11 Å². The van der Waals surface area contributed by atoms with Crippen LogP contribution >= 0.6 is 22.9 Å². The molecule has 0 radical (unpaired) electrons. The van der Waals surface area contributed by atoms with Crippen LogP contribution in [0, 0.1) is 0 Å². The fraction of sp³-hybridized carbons (Fsp3) is 0.250. The van der Waals surface area contributed by atoms with Crippen molar-refractivity contribution in [2.45, 2.75) is 26.7 Å². The van der Waals surface area contributed by atoms with Crippen molar-refractivity contribution in [2.75, 3.05) is 3.11 Å².